The highest BCUT2D eigenvalue weighted by Crippen LogP contribution is 2.28. The van der Waals surface area contributed by atoms with Gasteiger partial charge in [0.1, 0.15) is 11.9 Å². The van der Waals surface area contributed by atoms with E-state index in [4.69, 9.17) is 0 Å². The van der Waals surface area contributed by atoms with Gasteiger partial charge in [-0.2, -0.15) is 8.61 Å². The molecule has 0 radical (unpaired) electrons. The van der Waals surface area contributed by atoms with Gasteiger partial charge in [0.05, 0.1) is 15.9 Å². The molecule has 2 aliphatic rings. The summed E-state index contributed by atoms with van der Waals surface area (Å²) < 4.78 is 67.1. The van der Waals surface area contributed by atoms with Crippen LogP contribution < -0.4 is 5.32 Å². The van der Waals surface area contributed by atoms with Crippen LogP contribution in [0.1, 0.15) is 25.7 Å². The third-order valence-corrected chi connectivity index (χ3v) is 9.83. The van der Waals surface area contributed by atoms with E-state index in [1.807, 2.05) is 0 Å². The number of rotatable bonds is 6. The molecular formula is C22H26FN3O6S2. The lowest BCUT2D eigenvalue weighted by molar-refractivity contribution is -0.119. The maximum Gasteiger partial charge on any atom is 0.243 e. The fraction of sp³-hybridized carbons (Fsp3) is 0.409. The molecule has 2 aromatic rings. The van der Waals surface area contributed by atoms with Crippen LogP contribution in [0.4, 0.5) is 10.1 Å². The quantitative estimate of drug-likeness (QED) is 0.609. The zero-order valence-corrected chi connectivity index (χ0v) is 19.9. The van der Waals surface area contributed by atoms with E-state index in [9.17, 15) is 31.1 Å². The standard InChI is InChI=1S/C22H26FN3O6S2/c23-16-4-8-20(9-5-16)34(31,32)26-15-18(27)14-21(26)22(28)24-17-6-10-19(11-7-17)33(29,30)25-12-2-1-3-13-25/h4-11,18,21,27H,1-3,12-15H2,(H,24,28)/t18-,21+/m0/s1. The molecule has 184 valence electrons. The molecule has 0 aliphatic carbocycles. The van der Waals surface area contributed by atoms with Crippen LogP contribution in [0.2, 0.25) is 0 Å². The van der Waals surface area contributed by atoms with E-state index in [0.29, 0.717) is 18.8 Å². The lowest BCUT2D eigenvalue weighted by Gasteiger charge is -2.26. The van der Waals surface area contributed by atoms with Gasteiger partial charge in [0, 0.05) is 31.7 Å². The maximum absolute atomic E-state index is 13.2. The number of aliphatic hydroxyl groups is 1. The smallest absolute Gasteiger partial charge is 0.243 e. The van der Waals surface area contributed by atoms with Crippen LogP contribution in [-0.2, 0) is 24.8 Å². The second-order valence-corrected chi connectivity index (χ2v) is 12.2. The largest absolute Gasteiger partial charge is 0.392 e. The summed E-state index contributed by atoms with van der Waals surface area (Å²) in [4.78, 5) is 12.8. The lowest BCUT2D eigenvalue weighted by atomic mass is 10.2. The van der Waals surface area contributed by atoms with Crippen molar-refractivity contribution in [2.75, 3.05) is 25.0 Å². The van der Waals surface area contributed by atoms with E-state index in [1.165, 1.54) is 28.6 Å². The minimum absolute atomic E-state index is 0.103. The third kappa shape index (κ3) is 5.01. The Morgan fingerprint density at radius 3 is 2.06 bits per heavy atom. The summed E-state index contributed by atoms with van der Waals surface area (Å²) in [6, 6.07) is 8.73. The Morgan fingerprint density at radius 1 is 0.882 bits per heavy atom. The average Bonchev–Trinajstić information content (AvgIpc) is 3.23. The molecule has 2 aliphatic heterocycles. The number of anilines is 1. The number of hydrogen-bond acceptors (Lipinski definition) is 6. The van der Waals surface area contributed by atoms with E-state index >= 15 is 0 Å². The summed E-state index contributed by atoms with van der Waals surface area (Å²) in [7, 11) is -7.77. The van der Waals surface area contributed by atoms with Gasteiger partial charge in [0.15, 0.2) is 0 Å². The molecule has 1 amide bonds. The molecule has 0 unspecified atom stereocenters. The van der Waals surface area contributed by atoms with Crippen molar-refractivity contribution in [3.63, 3.8) is 0 Å². The van der Waals surface area contributed by atoms with Crippen molar-refractivity contribution in [1.29, 1.82) is 0 Å². The van der Waals surface area contributed by atoms with Crippen molar-refractivity contribution < 1.29 is 31.1 Å². The van der Waals surface area contributed by atoms with Crippen molar-refractivity contribution in [2.24, 2.45) is 0 Å². The highest BCUT2D eigenvalue weighted by atomic mass is 32.2. The second kappa shape index (κ2) is 9.70. The summed E-state index contributed by atoms with van der Waals surface area (Å²) in [6.45, 7) is 0.678. The molecular weight excluding hydrogens is 485 g/mol. The van der Waals surface area contributed by atoms with Crippen LogP contribution in [0.5, 0.6) is 0 Å². The Morgan fingerprint density at radius 2 is 1.44 bits per heavy atom. The highest BCUT2D eigenvalue weighted by Gasteiger charge is 2.43. The Labute approximate surface area is 198 Å². The molecule has 0 spiro atoms. The number of nitrogens with zero attached hydrogens (tertiary/aromatic N) is 2. The van der Waals surface area contributed by atoms with Gasteiger partial charge >= 0.3 is 0 Å². The van der Waals surface area contributed by atoms with Crippen molar-refractivity contribution in [2.45, 2.75) is 47.6 Å². The number of aliphatic hydroxyl groups excluding tert-OH is 1. The maximum atomic E-state index is 13.2. The molecule has 2 N–H and O–H groups in total. The van der Waals surface area contributed by atoms with Gasteiger partial charge in [-0.25, -0.2) is 21.2 Å². The minimum atomic E-state index is -4.15. The fourth-order valence-electron chi connectivity index (χ4n) is 4.22. The second-order valence-electron chi connectivity index (χ2n) is 8.41. The first kappa shape index (κ1) is 24.7. The zero-order chi connectivity index (χ0) is 24.5. The van der Waals surface area contributed by atoms with E-state index in [-0.39, 0.29) is 22.8 Å². The number of piperidine rings is 1. The molecule has 9 nitrogen and oxygen atoms in total. The third-order valence-electron chi connectivity index (χ3n) is 6.03. The zero-order valence-electron chi connectivity index (χ0n) is 18.3. The van der Waals surface area contributed by atoms with Crippen molar-refractivity contribution in [3.8, 4) is 0 Å². The first-order chi connectivity index (χ1) is 16.1. The Kier molecular flexibility index (Phi) is 7.06. The Hall–Kier alpha value is -2.38. The number of carbonyl (C=O) groups is 1. The molecule has 2 aromatic carbocycles. The van der Waals surface area contributed by atoms with Crippen LogP contribution >= 0.6 is 0 Å². The number of benzene rings is 2. The normalized spacial score (nSPS) is 22.5. The number of amides is 1. The van der Waals surface area contributed by atoms with E-state index in [2.05, 4.69) is 5.32 Å². The molecule has 0 aromatic heterocycles. The summed E-state index contributed by atoms with van der Waals surface area (Å²) in [5.74, 6) is -1.26. The fourth-order valence-corrected chi connectivity index (χ4v) is 7.37. The van der Waals surface area contributed by atoms with Gasteiger partial charge in [0.25, 0.3) is 0 Å². The summed E-state index contributed by atoms with van der Waals surface area (Å²) in [6.07, 6.45) is 1.49. The molecule has 4 rings (SSSR count). The van der Waals surface area contributed by atoms with Crippen molar-refractivity contribution in [3.05, 3.63) is 54.3 Å². The Bertz CT molecular complexity index is 1240. The van der Waals surface area contributed by atoms with Crippen LogP contribution in [0.15, 0.2) is 58.3 Å². The average molecular weight is 512 g/mol. The molecule has 0 bridgehead atoms. The van der Waals surface area contributed by atoms with Crippen LogP contribution in [0, 0.1) is 5.82 Å². The molecule has 0 saturated carbocycles. The molecule has 34 heavy (non-hydrogen) atoms. The predicted octanol–water partition coefficient (Wildman–Crippen LogP) is 1.76. The molecule has 2 saturated heterocycles. The van der Waals surface area contributed by atoms with Gasteiger partial charge in [-0.3, -0.25) is 4.79 Å². The lowest BCUT2D eigenvalue weighted by Crippen LogP contribution is -2.43. The molecule has 2 atom stereocenters. The van der Waals surface area contributed by atoms with Crippen LogP contribution in [0.25, 0.3) is 0 Å². The summed E-state index contributed by atoms with van der Waals surface area (Å²) >= 11 is 0. The van der Waals surface area contributed by atoms with Gasteiger partial charge < -0.3 is 10.4 Å². The van der Waals surface area contributed by atoms with E-state index < -0.39 is 43.9 Å². The molecule has 12 heteroatoms. The SMILES string of the molecule is O=C(Nc1ccc(S(=O)(=O)N2CCCCC2)cc1)[C@H]1C[C@H](O)CN1S(=O)(=O)c1ccc(F)cc1. The van der Waals surface area contributed by atoms with Gasteiger partial charge in [-0.1, -0.05) is 6.42 Å². The molecule has 2 fully saturated rings. The van der Waals surface area contributed by atoms with Crippen molar-refractivity contribution >= 4 is 31.6 Å². The minimum Gasteiger partial charge on any atom is -0.392 e. The highest BCUT2D eigenvalue weighted by molar-refractivity contribution is 7.89. The summed E-state index contributed by atoms with van der Waals surface area (Å²) in [5, 5.41) is 12.7. The monoisotopic (exact) mass is 511 g/mol. The molecule has 2 heterocycles. The first-order valence-electron chi connectivity index (χ1n) is 11.0. The number of halogens is 1. The van der Waals surface area contributed by atoms with Crippen LogP contribution in [0.3, 0.4) is 0 Å². The van der Waals surface area contributed by atoms with E-state index in [1.54, 1.807) is 0 Å². The number of β-amino-alcohol motifs (C(OH)–C–C–N with tert-alkyl or cyclic N) is 1. The number of hydrogen-bond donors (Lipinski definition) is 2. The number of carbonyl (C=O) groups excluding carboxylic acids is 1. The van der Waals surface area contributed by atoms with Gasteiger partial charge in [-0.15, -0.1) is 0 Å². The van der Waals surface area contributed by atoms with Gasteiger partial charge in [-0.05, 0) is 61.4 Å². The van der Waals surface area contributed by atoms with Crippen molar-refractivity contribution in [1.82, 2.24) is 8.61 Å². The topological polar surface area (TPSA) is 124 Å². The Balaban J connectivity index is 1.49. The summed E-state index contributed by atoms with van der Waals surface area (Å²) in [5.41, 5.74) is 0.295. The number of sulfonamides is 2. The first-order valence-corrected chi connectivity index (χ1v) is 13.8. The van der Waals surface area contributed by atoms with E-state index in [0.717, 1.165) is 47.8 Å². The van der Waals surface area contributed by atoms with Gasteiger partial charge in [0.2, 0.25) is 26.0 Å². The predicted molar refractivity (Wildman–Crippen MR) is 122 cm³/mol. The van der Waals surface area contributed by atoms with Crippen LogP contribution in [-0.4, -0.2) is 68.2 Å². The number of nitrogens with one attached hydrogen (secondary N) is 1.